The van der Waals surface area contributed by atoms with Gasteiger partial charge in [0.05, 0.1) is 16.9 Å². The van der Waals surface area contributed by atoms with Gasteiger partial charge in [-0.05, 0) is 18.9 Å². The monoisotopic (exact) mass is 325 g/mol. The van der Waals surface area contributed by atoms with Crippen LogP contribution in [0.2, 0.25) is 0 Å². The molecule has 1 aliphatic heterocycles. The fraction of sp³-hybridized carbons (Fsp3) is 0.467. The number of nitrogens with one attached hydrogen (secondary N) is 1. The zero-order chi connectivity index (χ0) is 16.4. The molecular formula is C15H19NO5S. The van der Waals surface area contributed by atoms with Crippen LogP contribution in [0.3, 0.4) is 0 Å². The Labute approximate surface area is 129 Å². The molecule has 2 unspecified atom stereocenters. The number of hydrogen-bond acceptors (Lipinski definition) is 4. The minimum atomic E-state index is -3.08. The number of rotatable bonds is 5. The van der Waals surface area contributed by atoms with E-state index in [1.807, 2.05) is 0 Å². The quantitative estimate of drug-likeness (QED) is 0.831. The third kappa shape index (κ3) is 3.65. The van der Waals surface area contributed by atoms with Gasteiger partial charge in [0.1, 0.15) is 0 Å². The molecule has 22 heavy (non-hydrogen) atoms. The standard InChI is InChI=1S/C15H19NO5S/c1-15(14(18)19,11-5-3-2-4-6-11)9-13(17)16-12-7-8-22(20,21)10-12/h2-6,12H,7-10H2,1H3,(H,16,17)(H,18,19). The minimum Gasteiger partial charge on any atom is -0.481 e. The Morgan fingerprint density at radius 1 is 1.32 bits per heavy atom. The second kappa shape index (κ2) is 6.08. The number of sulfone groups is 1. The van der Waals surface area contributed by atoms with Crippen molar-refractivity contribution in [1.29, 1.82) is 0 Å². The highest BCUT2D eigenvalue weighted by Gasteiger charge is 2.38. The largest absolute Gasteiger partial charge is 0.481 e. The lowest BCUT2D eigenvalue weighted by molar-refractivity contribution is -0.145. The number of benzene rings is 1. The smallest absolute Gasteiger partial charge is 0.314 e. The zero-order valence-electron chi connectivity index (χ0n) is 12.3. The summed E-state index contributed by atoms with van der Waals surface area (Å²) in [5.74, 6) is -1.55. The molecule has 0 radical (unpaired) electrons. The molecule has 1 amide bonds. The first-order valence-corrected chi connectivity index (χ1v) is 8.84. The third-order valence-electron chi connectivity index (χ3n) is 3.99. The number of carboxylic acid groups (broad SMARTS) is 1. The van der Waals surface area contributed by atoms with Gasteiger partial charge in [-0.25, -0.2) is 8.42 Å². The molecular weight excluding hydrogens is 306 g/mol. The fourth-order valence-electron chi connectivity index (χ4n) is 2.62. The van der Waals surface area contributed by atoms with Crippen LogP contribution in [0.15, 0.2) is 30.3 Å². The van der Waals surface area contributed by atoms with E-state index in [0.29, 0.717) is 12.0 Å². The predicted molar refractivity (Wildman–Crippen MR) is 81.2 cm³/mol. The van der Waals surface area contributed by atoms with Crippen molar-refractivity contribution in [2.45, 2.75) is 31.2 Å². The predicted octanol–water partition coefficient (Wildman–Crippen LogP) is 0.722. The van der Waals surface area contributed by atoms with E-state index in [1.54, 1.807) is 30.3 Å². The van der Waals surface area contributed by atoms with Crippen LogP contribution in [-0.2, 0) is 24.8 Å². The van der Waals surface area contributed by atoms with Gasteiger partial charge in [-0.2, -0.15) is 0 Å². The van der Waals surface area contributed by atoms with Crippen LogP contribution in [0.5, 0.6) is 0 Å². The maximum absolute atomic E-state index is 12.1. The van der Waals surface area contributed by atoms with Crippen LogP contribution >= 0.6 is 0 Å². The van der Waals surface area contributed by atoms with Crippen molar-refractivity contribution in [1.82, 2.24) is 5.32 Å². The van der Waals surface area contributed by atoms with E-state index < -0.39 is 33.2 Å². The first-order chi connectivity index (χ1) is 10.2. The van der Waals surface area contributed by atoms with Crippen LogP contribution in [0, 0.1) is 0 Å². The Bertz CT molecular complexity index is 670. The number of carboxylic acids is 1. The topological polar surface area (TPSA) is 101 Å². The summed E-state index contributed by atoms with van der Waals surface area (Å²) in [5, 5.41) is 12.1. The number of carbonyl (C=O) groups excluding carboxylic acids is 1. The Balaban J connectivity index is 2.09. The molecule has 6 nitrogen and oxygen atoms in total. The lowest BCUT2D eigenvalue weighted by Crippen LogP contribution is -2.42. The molecule has 1 aliphatic rings. The van der Waals surface area contributed by atoms with Crippen LogP contribution in [0.1, 0.15) is 25.3 Å². The molecule has 2 rings (SSSR count). The molecule has 120 valence electrons. The summed E-state index contributed by atoms with van der Waals surface area (Å²) in [5.41, 5.74) is -0.806. The van der Waals surface area contributed by atoms with Crippen molar-refractivity contribution in [3.63, 3.8) is 0 Å². The van der Waals surface area contributed by atoms with Crippen LogP contribution in [0.25, 0.3) is 0 Å². The first-order valence-electron chi connectivity index (χ1n) is 7.02. The Hall–Kier alpha value is -1.89. The Kier molecular flexibility index (Phi) is 4.55. The average molecular weight is 325 g/mol. The fourth-order valence-corrected chi connectivity index (χ4v) is 4.29. The van der Waals surface area contributed by atoms with E-state index >= 15 is 0 Å². The van der Waals surface area contributed by atoms with Crippen molar-refractivity contribution in [2.75, 3.05) is 11.5 Å². The summed E-state index contributed by atoms with van der Waals surface area (Å²) >= 11 is 0. The molecule has 1 fully saturated rings. The summed E-state index contributed by atoms with van der Waals surface area (Å²) in [6.45, 7) is 1.50. The molecule has 0 saturated carbocycles. The normalized spacial score (nSPS) is 22.7. The van der Waals surface area contributed by atoms with Gasteiger partial charge in [0.25, 0.3) is 0 Å². The number of aliphatic carboxylic acids is 1. The van der Waals surface area contributed by atoms with Gasteiger partial charge in [-0.1, -0.05) is 30.3 Å². The van der Waals surface area contributed by atoms with Gasteiger partial charge < -0.3 is 10.4 Å². The SMILES string of the molecule is CC(CC(=O)NC1CCS(=O)(=O)C1)(C(=O)O)c1ccccc1. The summed E-state index contributed by atoms with van der Waals surface area (Å²) in [6.07, 6.45) is 0.145. The number of amides is 1. The van der Waals surface area contributed by atoms with Crippen molar-refractivity contribution in [2.24, 2.45) is 0 Å². The van der Waals surface area contributed by atoms with Gasteiger partial charge >= 0.3 is 5.97 Å². The molecule has 7 heteroatoms. The molecule has 0 aliphatic carbocycles. The first kappa shape index (κ1) is 16.5. The van der Waals surface area contributed by atoms with Gasteiger partial charge in [0, 0.05) is 12.5 Å². The highest BCUT2D eigenvalue weighted by molar-refractivity contribution is 7.91. The van der Waals surface area contributed by atoms with E-state index in [0.717, 1.165) is 0 Å². The maximum Gasteiger partial charge on any atom is 0.314 e. The molecule has 2 atom stereocenters. The third-order valence-corrected chi connectivity index (χ3v) is 5.76. The summed E-state index contributed by atoms with van der Waals surface area (Å²) < 4.78 is 22.8. The van der Waals surface area contributed by atoms with Crippen LogP contribution in [0.4, 0.5) is 0 Å². The Morgan fingerprint density at radius 2 is 1.95 bits per heavy atom. The lowest BCUT2D eigenvalue weighted by atomic mass is 9.79. The molecule has 0 aromatic heterocycles. The summed E-state index contributed by atoms with van der Waals surface area (Å²) in [6, 6.07) is 8.12. The molecule has 1 aromatic rings. The molecule has 1 heterocycles. The molecule has 0 spiro atoms. The maximum atomic E-state index is 12.1. The van der Waals surface area contributed by atoms with E-state index in [1.165, 1.54) is 6.92 Å². The van der Waals surface area contributed by atoms with Crippen molar-refractivity contribution >= 4 is 21.7 Å². The van der Waals surface area contributed by atoms with Gasteiger partial charge in [-0.15, -0.1) is 0 Å². The number of hydrogen-bond donors (Lipinski definition) is 2. The zero-order valence-corrected chi connectivity index (χ0v) is 13.1. The molecule has 1 saturated heterocycles. The lowest BCUT2D eigenvalue weighted by Gasteiger charge is -2.25. The summed E-state index contributed by atoms with van der Waals surface area (Å²) in [4.78, 5) is 23.8. The van der Waals surface area contributed by atoms with E-state index in [9.17, 15) is 23.1 Å². The summed E-state index contributed by atoms with van der Waals surface area (Å²) in [7, 11) is -3.08. The second-order valence-electron chi connectivity index (χ2n) is 5.85. The van der Waals surface area contributed by atoms with E-state index in [2.05, 4.69) is 5.32 Å². The molecule has 2 N–H and O–H groups in total. The van der Waals surface area contributed by atoms with Crippen LogP contribution in [-0.4, -0.2) is 42.9 Å². The highest BCUT2D eigenvalue weighted by Crippen LogP contribution is 2.28. The van der Waals surface area contributed by atoms with E-state index in [-0.39, 0.29) is 17.9 Å². The minimum absolute atomic E-state index is 0.0623. The second-order valence-corrected chi connectivity index (χ2v) is 8.08. The average Bonchev–Trinajstić information content (AvgIpc) is 2.78. The molecule has 1 aromatic carbocycles. The van der Waals surface area contributed by atoms with Crippen molar-refractivity contribution in [3.8, 4) is 0 Å². The van der Waals surface area contributed by atoms with E-state index in [4.69, 9.17) is 0 Å². The van der Waals surface area contributed by atoms with Crippen molar-refractivity contribution < 1.29 is 23.1 Å². The van der Waals surface area contributed by atoms with Crippen molar-refractivity contribution in [3.05, 3.63) is 35.9 Å². The molecule has 0 bridgehead atoms. The van der Waals surface area contributed by atoms with Gasteiger partial charge in [0.2, 0.25) is 5.91 Å². The van der Waals surface area contributed by atoms with Crippen LogP contribution < -0.4 is 5.32 Å². The number of carbonyl (C=O) groups is 2. The Morgan fingerprint density at radius 3 is 2.45 bits per heavy atom. The van der Waals surface area contributed by atoms with Gasteiger partial charge in [0.15, 0.2) is 9.84 Å². The highest BCUT2D eigenvalue weighted by atomic mass is 32.2. The van der Waals surface area contributed by atoms with Gasteiger partial charge in [-0.3, -0.25) is 9.59 Å².